The van der Waals surface area contributed by atoms with Crippen LogP contribution in [0, 0.1) is 11.3 Å². The second-order valence-electron chi connectivity index (χ2n) is 6.54. The monoisotopic (exact) mass is 293 g/mol. The predicted molar refractivity (Wildman–Crippen MR) is 67.2 cm³/mol. The number of hydrogen-bond donors (Lipinski definition) is 0. The second kappa shape index (κ2) is 4.41. The van der Waals surface area contributed by atoms with E-state index in [4.69, 9.17) is 4.74 Å². The fraction of sp³-hybridized carbons (Fsp3) is 0.917. The minimum absolute atomic E-state index is 0.0930. The Kier molecular flexibility index (Phi) is 3.42. The van der Waals surface area contributed by atoms with Gasteiger partial charge in [0.1, 0.15) is 5.60 Å². The Morgan fingerprint density at radius 1 is 1.37 bits per heavy atom. The average Bonchev–Trinajstić information content (AvgIpc) is 2.52. The van der Waals surface area contributed by atoms with E-state index in [-0.39, 0.29) is 13.1 Å². The summed E-state index contributed by atoms with van der Waals surface area (Å²) < 4.78 is 41.3. The lowest BCUT2D eigenvalue weighted by atomic mass is 9.63. The highest BCUT2D eigenvalue weighted by Crippen LogP contribution is 2.52. The summed E-state index contributed by atoms with van der Waals surface area (Å²) >= 11 is 0. The number of carbonyl (C=O) groups is 1. The summed E-state index contributed by atoms with van der Waals surface area (Å²) in [5, 5.41) is 0. The smallest absolute Gasteiger partial charge is 0.374 e. The van der Waals surface area contributed by atoms with Gasteiger partial charge in [0.25, 0.3) is 0 Å². The summed E-state index contributed by atoms with van der Waals surface area (Å²) in [4.78, 5) is 12.2. The van der Waals surface area contributed by atoms with Gasteiger partial charge in [0.2, 0.25) is 0 Å². The van der Waals surface area contributed by atoms with Crippen molar-refractivity contribution in [1.29, 1.82) is 0 Å². The molecular formula is C12H20FNO4S. The third-order valence-corrected chi connectivity index (χ3v) is 4.86. The Labute approximate surface area is 113 Å². The van der Waals surface area contributed by atoms with Gasteiger partial charge in [-0.05, 0) is 39.0 Å². The van der Waals surface area contributed by atoms with Crippen LogP contribution in [0.5, 0.6) is 0 Å². The zero-order valence-corrected chi connectivity index (χ0v) is 12.3. The molecule has 0 radical (unpaired) electrons. The standard InChI is InChI=1S/C12H20FNO4S/c1-11(2,3)18-10(15)9-7-14(19(13,16)17)8-12(9)5-4-6-12/h9H,4-8H2,1-3H3. The molecule has 1 aliphatic carbocycles. The van der Waals surface area contributed by atoms with Gasteiger partial charge in [0.15, 0.2) is 0 Å². The van der Waals surface area contributed by atoms with Gasteiger partial charge >= 0.3 is 16.4 Å². The molecule has 2 aliphatic rings. The van der Waals surface area contributed by atoms with Crippen molar-refractivity contribution in [2.75, 3.05) is 13.1 Å². The molecule has 1 spiro atoms. The second-order valence-corrected chi connectivity index (χ2v) is 7.88. The number of rotatable bonds is 2. The fourth-order valence-electron chi connectivity index (χ4n) is 2.92. The molecule has 7 heteroatoms. The first kappa shape index (κ1) is 14.7. The van der Waals surface area contributed by atoms with Crippen LogP contribution in [0.15, 0.2) is 0 Å². The number of nitrogens with zero attached hydrogens (tertiary/aromatic N) is 1. The summed E-state index contributed by atoms with van der Waals surface area (Å²) in [6, 6.07) is 0. The predicted octanol–water partition coefficient (Wildman–Crippen LogP) is 1.64. The molecule has 1 unspecified atom stereocenters. The van der Waals surface area contributed by atoms with E-state index >= 15 is 0 Å². The molecule has 110 valence electrons. The maximum atomic E-state index is 13.1. The lowest BCUT2D eigenvalue weighted by Crippen LogP contribution is -2.43. The van der Waals surface area contributed by atoms with Gasteiger partial charge in [-0.1, -0.05) is 10.3 Å². The quantitative estimate of drug-likeness (QED) is 0.573. The molecule has 2 rings (SSSR count). The van der Waals surface area contributed by atoms with Gasteiger partial charge in [-0.3, -0.25) is 4.79 Å². The third-order valence-electron chi connectivity index (χ3n) is 3.97. The molecule has 0 amide bonds. The molecule has 2 fully saturated rings. The first-order chi connectivity index (χ1) is 8.54. The van der Waals surface area contributed by atoms with Crippen LogP contribution >= 0.6 is 0 Å². The lowest BCUT2D eigenvalue weighted by molar-refractivity contribution is -0.165. The first-order valence-corrected chi connectivity index (χ1v) is 7.80. The summed E-state index contributed by atoms with van der Waals surface area (Å²) in [5.74, 6) is -0.968. The van der Waals surface area contributed by atoms with Gasteiger partial charge in [-0.15, -0.1) is 0 Å². The zero-order chi connectivity index (χ0) is 14.5. The topological polar surface area (TPSA) is 63.7 Å². The number of halogens is 1. The third kappa shape index (κ3) is 2.91. The van der Waals surface area contributed by atoms with Crippen LogP contribution in [0.4, 0.5) is 3.89 Å². The number of esters is 1. The normalized spacial score (nSPS) is 27.3. The van der Waals surface area contributed by atoms with Crippen LogP contribution in [-0.2, 0) is 19.9 Å². The molecule has 0 bridgehead atoms. The highest BCUT2D eigenvalue weighted by atomic mass is 32.3. The summed E-state index contributed by atoms with van der Waals surface area (Å²) in [5.41, 5.74) is -1.04. The highest BCUT2D eigenvalue weighted by Gasteiger charge is 2.56. The molecule has 1 atom stereocenters. The van der Waals surface area contributed by atoms with Crippen molar-refractivity contribution in [2.24, 2.45) is 11.3 Å². The van der Waals surface area contributed by atoms with E-state index in [2.05, 4.69) is 0 Å². The first-order valence-electron chi connectivity index (χ1n) is 6.46. The molecular weight excluding hydrogens is 273 g/mol. The van der Waals surface area contributed by atoms with E-state index in [1.165, 1.54) is 0 Å². The zero-order valence-electron chi connectivity index (χ0n) is 11.5. The van der Waals surface area contributed by atoms with Crippen molar-refractivity contribution in [3.63, 3.8) is 0 Å². The molecule has 1 heterocycles. The van der Waals surface area contributed by atoms with Crippen molar-refractivity contribution in [1.82, 2.24) is 4.31 Å². The Morgan fingerprint density at radius 3 is 2.32 bits per heavy atom. The Morgan fingerprint density at radius 2 is 1.95 bits per heavy atom. The molecule has 1 aliphatic heterocycles. The van der Waals surface area contributed by atoms with Crippen LogP contribution in [0.25, 0.3) is 0 Å². The number of carbonyl (C=O) groups excluding carboxylic acids is 1. The molecule has 1 saturated carbocycles. The van der Waals surface area contributed by atoms with E-state index in [1.54, 1.807) is 20.8 Å². The number of hydrogen-bond acceptors (Lipinski definition) is 4. The highest BCUT2D eigenvalue weighted by molar-refractivity contribution is 7.83. The van der Waals surface area contributed by atoms with Crippen LogP contribution in [0.2, 0.25) is 0 Å². The number of ether oxygens (including phenoxy) is 1. The molecule has 0 aromatic carbocycles. The lowest BCUT2D eigenvalue weighted by Gasteiger charge is -2.42. The van der Waals surface area contributed by atoms with Gasteiger partial charge in [-0.2, -0.15) is 12.7 Å². The van der Waals surface area contributed by atoms with Gasteiger partial charge in [0, 0.05) is 13.1 Å². The van der Waals surface area contributed by atoms with Crippen molar-refractivity contribution in [3.05, 3.63) is 0 Å². The molecule has 1 saturated heterocycles. The van der Waals surface area contributed by atoms with E-state index in [1.807, 2.05) is 0 Å². The largest absolute Gasteiger partial charge is 0.460 e. The molecule has 19 heavy (non-hydrogen) atoms. The molecule has 5 nitrogen and oxygen atoms in total. The van der Waals surface area contributed by atoms with E-state index in [9.17, 15) is 17.1 Å². The Bertz CT molecular complexity index is 478. The van der Waals surface area contributed by atoms with E-state index < -0.39 is 33.3 Å². The van der Waals surface area contributed by atoms with Crippen molar-refractivity contribution in [2.45, 2.75) is 45.6 Å². The van der Waals surface area contributed by atoms with Crippen molar-refractivity contribution < 1.29 is 21.8 Å². The Hall–Kier alpha value is -0.690. The molecule has 0 N–H and O–H groups in total. The van der Waals surface area contributed by atoms with Gasteiger partial charge in [-0.25, -0.2) is 0 Å². The summed E-state index contributed by atoms with van der Waals surface area (Å²) in [6.45, 7) is 5.27. The van der Waals surface area contributed by atoms with E-state index in [0.717, 1.165) is 23.6 Å². The summed E-state index contributed by atoms with van der Waals surface area (Å²) in [7, 11) is -4.73. The van der Waals surface area contributed by atoms with Crippen molar-refractivity contribution >= 4 is 16.4 Å². The minimum Gasteiger partial charge on any atom is -0.460 e. The van der Waals surface area contributed by atoms with Crippen LogP contribution < -0.4 is 0 Å². The van der Waals surface area contributed by atoms with Gasteiger partial charge in [0.05, 0.1) is 5.92 Å². The Balaban J connectivity index is 2.17. The fourth-order valence-corrected chi connectivity index (χ4v) is 3.66. The summed E-state index contributed by atoms with van der Waals surface area (Å²) in [6.07, 6.45) is 2.45. The van der Waals surface area contributed by atoms with Crippen LogP contribution in [0.3, 0.4) is 0 Å². The maximum absolute atomic E-state index is 13.1. The SMILES string of the molecule is CC(C)(C)OC(=O)C1CN(S(=O)(=O)F)CC12CCC2. The van der Waals surface area contributed by atoms with Crippen molar-refractivity contribution in [3.8, 4) is 0 Å². The van der Waals surface area contributed by atoms with E-state index in [0.29, 0.717) is 0 Å². The molecule has 0 aromatic rings. The average molecular weight is 293 g/mol. The molecule has 0 aromatic heterocycles. The van der Waals surface area contributed by atoms with Crippen LogP contribution in [0.1, 0.15) is 40.0 Å². The van der Waals surface area contributed by atoms with Gasteiger partial charge < -0.3 is 4.74 Å². The maximum Gasteiger partial charge on any atom is 0.374 e. The minimum atomic E-state index is -4.73. The van der Waals surface area contributed by atoms with Crippen LogP contribution in [-0.4, -0.2) is 37.4 Å².